The van der Waals surface area contributed by atoms with Crippen molar-refractivity contribution >= 4 is 5.91 Å². The largest absolute Gasteiger partial charge is 0.390 e. The zero-order chi connectivity index (χ0) is 18.5. The Morgan fingerprint density at radius 1 is 0.962 bits per heavy atom. The van der Waals surface area contributed by atoms with E-state index in [0.29, 0.717) is 18.8 Å². The van der Waals surface area contributed by atoms with E-state index >= 15 is 0 Å². The molecule has 26 heavy (non-hydrogen) atoms. The normalized spacial score (nSPS) is 37.2. The van der Waals surface area contributed by atoms with Gasteiger partial charge in [0.15, 0.2) is 0 Å². The third-order valence-electron chi connectivity index (χ3n) is 7.01. The van der Waals surface area contributed by atoms with Crippen molar-refractivity contribution < 1.29 is 15.0 Å². The van der Waals surface area contributed by atoms with E-state index in [1.807, 2.05) is 11.0 Å². The number of amides is 1. The SMILES string of the molecule is NCC1CCCC(C2CCN(C(=O)/C=C\C3CCC(O)C(O)C3)CC2)C1. The van der Waals surface area contributed by atoms with Crippen LogP contribution in [0.25, 0.3) is 0 Å². The molecule has 1 saturated heterocycles. The van der Waals surface area contributed by atoms with E-state index in [0.717, 1.165) is 50.7 Å². The van der Waals surface area contributed by atoms with Crippen LogP contribution in [-0.4, -0.2) is 52.9 Å². The number of nitrogens with zero attached hydrogens (tertiary/aromatic N) is 1. The van der Waals surface area contributed by atoms with Crippen LogP contribution in [0.15, 0.2) is 12.2 Å². The lowest BCUT2D eigenvalue weighted by Crippen LogP contribution is -2.40. The molecule has 3 rings (SSSR count). The second-order valence-electron chi connectivity index (χ2n) is 8.76. The Balaban J connectivity index is 1.43. The predicted octanol–water partition coefficient (Wildman–Crippen LogP) is 2.07. The first-order valence-corrected chi connectivity index (χ1v) is 10.6. The van der Waals surface area contributed by atoms with Crippen LogP contribution in [0.2, 0.25) is 0 Å². The summed E-state index contributed by atoms with van der Waals surface area (Å²) in [7, 11) is 0. The lowest BCUT2D eigenvalue weighted by molar-refractivity contribution is -0.127. The minimum atomic E-state index is -0.655. The number of rotatable bonds is 4. The van der Waals surface area contributed by atoms with Gasteiger partial charge in [0.2, 0.25) is 5.91 Å². The van der Waals surface area contributed by atoms with Crippen LogP contribution in [-0.2, 0) is 4.79 Å². The van der Waals surface area contributed by atoms with Crippen molar-refractivity contribution in [2.75, 3.05) is 19.6 Å². The van der Waals surface area contributed by atoms with Crippen molar-refractivity contribution in [3.8, 4) is 0 Å². The number of carbonyl (C=O) groups excluding carboxylic acids is 1. The van der Waals surface area contributed by atoms with E-state index in [1.165, 1.54) is 25.7 Å². The molecule has 4 N–H and O–H groups in total. The molecule has 1 heterocycles. The summed E-state index contributed by atoms with van der Waals surface area (Å²) < 4.78 is 0. The highest BCUT2D eigenvalue weighted by Gasteiger charge is 2.31. The maximum absolute atomic E-state index is 12.5. The molecule has 5 atom stereocenters. The Morgan fingerprint density at radius 2 is 1.73 bits per heavy atom. The van der Waals surface area contributed by atoms with Crippen LogP contribution in [0.4, 0.5) is 0 Å². The maximum Gasteiger partial charge on any atom is 0.246 e. The topological polar surface area (TPSA) is 86.8 Å². The molecule has 2 aliphatic carbocycles. The monoisotopic (exact) mass is 364 g/mol. The van der Waals surface area contributed by atoms with Crippen molar-refractivity contribution in [2.45, 2.75) is 70.0 Å². The molecule has 0 radical (unpaired) electrons. The number of carbonyl (C=O) groups is 1. The van der Waals surface area contributed by atoms with Gasteiger partial charge < -0.3 is 20.8 Å². The summed E-state index contributed by atoms with van der Waals surface area (Å²) in [5, 5.41) is 19.3. The molecule has 0 aromatic rings. The Morgan fingerprint density at radius 3 is 2.42 bits per heavy atom. The van der Waals surface area contributed by atoms with Crippen molar-refractivity contribution in [3.63, 3.8) is 0 Å². The Bertz CT molecular complexity index is 488. The van der Waals surface area contributed by atoms with Crippen LogP contribution in [0.1, 0.15) is 57.8 Å². The van der Waals surface area contributed by atoms with Crippen LogP contribution < -0.4 is 5.73 Å². The molecule has 5 nitrogen and oxygen atoms in total. The van der Waals surface area contributed by atoms with E-state index in [-0.39, 0.29) is 11.8 Å². The van der Waals surface area contributed by atoms with Gasteiger partial charge >= 0.3 is 0 Å². The summed E-state index contributed by atoms with van der Waals surface area (Å²) in [6.45, 7) is 2.55. The second-order valence-corrected chi connectivity index (χ2v) is 8.76. The molecule has 1 aliphatic heterocycles. The van der Waals surface area contributed by atoms with E-state index in [4.69, 9.17) is 5.73 Å². The van der Waals surface area contributed by atoms with E-state index in [9.17, 15) is 15.0 Å². The van der Waals surface area contributed by atoms with Crippen LogP contribution in [0.5, 0.6) is 0 Å². The average molecular weight is 365 g/mol. The van der Waals surface area contributed by atoms with Crippen LogP contribution in [0, 0.1) is 23.7 Å². The van der Waals surface area contributed by atoms with Gasteiger partial charge in [-0.05, 0) is 81.2 Å². The number of aliphatic hydroxyl groups is 2. The average Bonchev–Trinajstić information content (AvgIpc) is 2.69. The molecule has 0 aromatic heterocycles. The van der Waals surface area contributed by atoms with Gasteiger partial charge in [0.25, 0.3) is 0 Å². The molecule has 2 saturated carbocycles. The summed E-state index contributed by atoms with van der Waals surface area (Å²) in [6.07, 6.45) is 11.9. The first-order chi connectivity index (χ1) is 12.6. The molecule has 3 fully saturated rings. The van der Waals surface area contributed by atoms with Gasteiger partial charge in [-0.2, -0.15) is 0 Å². The number of nitrogens with two attached hydrogens (primary N) is 1. The van der Waals surface area contributed by atoms with E-state index in [1.54, 1.807) is 6.08 Å². The molecule has 0 aromatic carbocycles. The fraction of sp³-hybridized carbons (Fsp3) is 0.857. The minimum absolute atomic E-state index is 0.104. The fourth-order valence-corrected chi connectivity index (χ4v) is 5.23. The highest BCUT2D eigenvalue weighted by Crippen LogP contribution is 2.38. The number of likely N-dealkylation sites (tertiary alicyclic amines) is 1. The van der Waals surface area contributed by atoms with Crippen molar-refractivity contribution in [1.82, 2.24) is 4.90 Å². The molecule has 0 spiro atoms. The van der Waals surface area contributed by atoms with Gasteiger partial charge in [-0.15, -0.1) is 0 Å². The summed E-state index contributed by atoms with van der Waals surface area (Å²) >= 11 is 0. The summed E-state index contributed by atoms with van der Waals surface area (Å²) in [5.74, 6) is 2.58. The van der Waals surface area contributed by atoms with Gasteiger partial charge in [0.05, 0.1) is 12.2 Å². The van der Waals surface area contributed by atoms with Gasteiger partial charge in [-0.3, -0.25) is 4.79 Å². The number of piperidine rings is 1. The smallest absolute Gasteiger partial charge is 0.246 e. The van der Waals surface area contributed by atoms with Gasteiger partial charge in [-0.1, -0.05) is 18.9 Å². The van der Waals surface area contributed by atoms with E-state index in [2.05, 4.69) is 0 Å². The van der Waals surface area contributed by atoms with Crippen molar-refractivity contribution in [2.24, 2.45) is 29.4 Å². The first kappa shape index (κ1) is 19.8. The molecule has 5 unspecified atom stereocenters. The Hall–Kier alpha value is -0.910. The maximum atomic E-state index is 12.5. The third kappa shape index (κ3) is 5.08. The molecular formula is C21H36N2O3. The lowest BCUT2D eigenvalue weighted by atomic mass is 9.72. The summed E-state index contributed by atoms with van der Waals surface area (Å²) in [5.41, 5.74) is 5.88. The number of aliphatic hydroxyl groups excluding tert-OH is 2. The fourth-order valence-electron chi connectivity index (χ4n) is 5.23. The summed E-state index contributed by atoms with van der Waals surface area (Å²) in [4.78, 5) is 14.5. The molecule has 5 heteroatoms. The molecular weight excluding hydrogens is 328 g/mol. The minimum Gasteiger partial charge on any atom is -0.390 e. The number of hydrogen-bond donors (Lipinski definition) is 3. The molecule has 3 aliphatic rings. The predicted molar refractivity (Wildman–Crippen MR) is 102 cm³/mol. The van der Waals surface area contributed by atoms with Crippen molar-refractivity contribution in [1.29, 1.82) is 0 Å². The van der Waals surface area contributed by atoms with Crippen molar-refractivity contribution in [3.05, 3.63) is 12.2 Å². The van der Waals surface area contributed by atoms with Gasteiger partial charge in [0.1, 0.15) is 0 Å². The van der Waals surface area contributed by atoms with Crippen LogP contribution >= 0.6 is 0 Å². The number of hydrogen-bond acceptors (Lipinski definition) is 4. The van der Waals surface area contributed by atoms with Gasteiger partial charge in [-0.25, -0.2) is 0 Å². The molecule has 0 bridgehead atoms. The highest BCUT2D eigenvalue weighted by molar-refractivity contribution is 5.87. The summed E-state index contributed by atoms with van der Waals surface area (Å²) in [6, 6.07) is 0. The third-order valence-corrected chi connectivity index (χ3v) is 7.01. The highest BCUT2D eigenvalue weighted by atomic mass is 16.3. The quantitative estimate of drug-likeness (QED) is 0.667. The standard InChI is InChI=1S/C21H36N2O3/c22-14-16-2-1-3-18(12-16)17-8-10-23(11-9-17)21(26)7-5-15-4-6-19(24)20(25)13-15/h5,7,15-20,24-25H,1-4,6,8-14,22H2/b7-5-. The zero-order valence-electron chi connectivity index (χ0n) is 15.9. The lowest BCUT2D eigenvalue weighted by Gasteiger charge is -2.39. The molecule has 1 amide bonds. The number of allylic oxidation sites excluding steroid dienone is 1. The Labute approximate surface area is 157 Å². The Kier molecular flexibility index (Phi) is 7.12. The van der Waals surface area contributed by atoms with Gasteiger partial charge in [0, 0.05) is 13.1 Å². The first-order valence-electron chi connectivity index (χ1n) is 10.6. The molecule has 148 valence electrons. The zero-order valence-corrected chi connectivity index (χ0v) is 15.9. The van der Waals surface area contributed by atoms with Crippen LogP contribution in [0.3, 0.4) is 0 Å². The second kappa shape index (κ2) is 9.34. The van der Waals surface area contributed by atoms with E-state index < -0.39 is 12.2 Å².